The van der Waals surface area contributed by atoms with Crippen molar-refractivity contribution in [1.82, 2.24) is 15.6 Å². The zero-order valence-corrected chi connectivity index (χ0v) is 11.4. The topological polar surface area (TPSA) is 90.1 Å². The summed E-state index contributed by atoms with van der Waals surface area (Å²) >= 11 is 0. The highest BCUT2D eigenvalue weighted by atomic mass is 16.2. The van der Waals surface area contributed by atoms with Crippen molar-refractivity contribution in [2.75, 3.05) is 0 Å². The van der Waals surface area contributed by atoms with E-state index in [1.165, 1.54) is 0 Å². The Labute approximate surface area is 115 Å². The lowest BCUT2D eigenvalue weighted by Gasteiger charge is -2.02. The van der Waals surface area contributed by atoms with Gasteiger partial charge in [0.2, 0.25) is 5.91 Å². The van der Waals surface area contributed by atoms with Crippen molar-refractivity contribution in [2.45, 2.75) is 20.3 Å². The summed E-state index contributed by atoms with van der Waals surface area (Å²) in [5.74, 6) is -0.325. The highest BCUT2D eigenvalue weighted by Gasteiger charge is 2.11. The largest absolute Gasteiger partial charge is 0.302 e. The molecule has 0 aliphatic carbocycles. The van der Waals surface area contributed by atoms with E-state index in [-0.39, 0.29) is 17.9 Å². The van der Waals surface area contributed by atoms with Crippen LogP contribution < -0.4 is 11.0 Å². The first-order valence-electron chi connectivity index (χ1n) is 6.22. The van der Waals surface area contributed by atoms with Crippen LogP contribution in [0.5, 0.6) is 0 Å². The van der Waals surface area contributed by atoms with Crippen LogP contribution in [-0.2, 0) is 11.2 Å². The van der Waals surface area contributed by atoms with Gasteiger partial charge in [0, 0.05) is 11.3 Å². The van der Waals surface area contributed by atoms with Crippen LogP contribution in [0.15, 0.2) is 40.2 Å². The Bertz CT molecular complexity index is 683. The lowest BCUT2D eigenvalue weighted by Crippen LogP contribution is -2.24. The third-order valence-corrected chi connectivity index (χ3v) is 2.97. The number of nitrogens with zero attached hydrogens (tertiary/aromatic N) is 1. The molecule has 0 bridgehead atoms. The quantitative estimate of drug-likeness (QED) is 0.574. The Morgan fingerprint density at radius 1 is 1.25 bits per heavy atom. The third-order valence-electron chi connectivity index (χ3n) is 2.97. The number of hydrazone groups is 1. The number of H-pyrrole nitrogens is 2. The van der Waals surface area contributed by atoms with E-state index in [0.29, 0.717) is 17.0 Å². The molecule has 0 atom stereocenters. The summed E-state index contributed by atoms with van der Waals surface area (Å²) in [4.78, 5) is 23.2. The van der Waals surface area contributed by atoms with Crippen LogP contribution in [-0.4, -0.2) is 21.8 Å². The number of aromatic amines is 2. The number of rotatable bonds is 4. The van der Waals surface area contributed by atoms with E-state index < -0.39 is 0 Å². The van der Waals surface area contributed by atoms with Gasteiger partial charge in [-0.2, -0.15) is 5.10 Å². The van der Waals surface area contributed by atoms with Gasteiger partial charge in [0.1, 0.15) is 0 Å². The minimum absolute atomic E-state index is 0.00373. The number of carbonyl (C=O) groups excluding carboxylic acids is 1. The molecular weight excluding hydrogens is 256 g/mol. The fourth-order valence-corrected chi connectivity index (χ4v) is 1.77. The van der Waals surface area contributed by atoms with E-state index in [9.17, 15) is 9.59 Å². The maximum atomic E-state index is 11.8. The molecule has 104 valence electrons. The minimum Gasteiger partial charge on any atom is -0.302 e. The normalized spacial score (nSPS) is 11.4. The summed E-state index contributed by atoms with van der Waals surface area (Å²) < 4.78 is 0. The van der Waals surface area contributed by atoms with E-state index in [1.807, 2.05) is 37.3 Å². The van der Waals surface area contributed by atoms with Crippen molar-refractivity contribution in [3.8, 4) is 0 Å². The Hall–Kier alpha value is -2.63. The number of aryl methyl sites for hydroxylation is 1. The summed E-state index contributed by atoms with van der Waals surface area (Å²) in [7, 11) is 0. The van der Waals surface area contributed by atoms with Gasteiger partial charge in [0.15, 0.2) is 0 Å². The SMILES string of the molecule is CC(=NNC(=O)Cc1c(C)[nH][nH]c1=O)c1ccccc1. The molecule has 6 heteroatoms. The van der Waals surface area contributed by atoms with E-state index in [1.54, 1.807) is 6.92 Å². The van der Waals surface area contributed by atoms with E-state index in [0.717, 1.165) is 5.56 Å². The fraction of sp³-hybridized carbons (Fsp3) is 0.214. The molecule has 1 aromatic heterocycles. The molecule has 2 aromatic rings. The van der Waals surface area contributed by atoms with Gasteiger partial charge in [0.05, 0.1) is 12.1 Å². The number of hydrogen-bond acceptors (Lipinski definition) is 3. The van der Waals surface area contributed by atoms with Gasteiger partial charge in [-0.05, 0) is 19.4 Å². The molecule has 0 radical (unpaired) electrons. The molecule has 0 saturated heterocycles. The van der Waals surface area contributed by atoms with Crippen molar-refractivity contribution in [2.24, 2.45) is 5.10 Å². The zero-order valence-electron chi connectivity index (χ0n) is 11.4. The van der Waals surface area contributed by atoms with Gasteiger partial charge in [0.25, 0.3) is 5.56 Å². The lowest BCUT2D eigenvalue weighted by atomic mass is 10.1. The maximum absolute atomic E-state index is 11.8. The van der Waals surface area contributed by atoms with Crippen LogP contribution in [0.3, 0.4) is 0 Å². The molecule has 1 heterocycles. The van der Waals surface area contributed by atoms with Crippen LogP contribution in [0.1, 0.15) is 23.7 Å². The van der Waals surface area contributed by atoms with Crippen LogP contribution in [0.4, 0.5) is 0 Å². The van der Waals surface area contributed by atoms with Gasteiger partial charge < -0.3 is 5.10 Å². The van der Waals surface area contributed by atoms with Gasteiger partial charge in [-0.1, -0.05) is 30.3 Å². The summed E-state index contributed by atoms with van der Waals surface area (Å²) in [5.41, 5.74) is 4.91. The first-order valence-corrected chi connectivity index (χ1v) is 6.22. The number of aromatic nitrogens is 2. The molecular formula is C14H16N4O2. The molecule has 0 unspecified atom stereocenters. The summed E-state index contributed by atoms with van der Waals surface area (Å²) in [6.45, 7) is 3.54. The predicted octanol–water partition coefficient (Wildman–Crippen LogP) is 1.09. The average Bonchev–Trinajstić information content (AvgIpc) is 2.77. The average molecular weight is 272 g/mol. The molecule has 0 spiro atoms. The van der Waals surface area contributed by atoms with Crippen molar-refractivity contribution in [3.05, 3.63) is 57.5 Å². The van der Waals surface area contributed by atoms with Crippen LogP contribution in [0.2, 0.25) is 0 Å². The van der Waals surface area contributed by atoms with Crippen LogP contribution >= 0.6 is 0 Å². The molecule has 1 aromatic carbocycles. The molecule has 3 N–H and O–H groups in total. The first-order chi connectivity index (χ1) is 9.58. The van der Waals surface area contributed by atoms with Crippen molar-refractivity contribution >= 4 is 11.6 Å². The molecule has 0 fully saturated rings. The first kappa shape index (κ1) is 13.8. The van der Waals surface area contributed by atoms with E-state index >= 15 is 0 Å². The molecule has 0 aliphatic heterocycles. The maximum Gasteiger partial charge on any atom is 0.267 e. The molecule has 6 nitrogen and oxygen atoms in total. The molecule has 2 rings (SSSR count). The molecule has 0 aliphatic rings. The van der Waals surface area contributed by atoms with Gasteiger partial charge in [-0.3, -0.25) is 14.7 Å². The van der Waals surface area contributed by atoms with E-state index in [2.05, 4.69) is 20.7 Å². The van der Waals surface area contributed by atoms with Crippen molar-refractivity contribution < 1.29 is 4.79 Å². The number of nitrogens with one attached hydrogen (secondary N) is 3. The second-order valence-electron chi connectivity index (χ2n) is 4.46. The van der Waals surface area contributed by atoms with Gasteiger partial charge in [-0.25, -0.2) is 5.43 Å². The molecule has 1 amide bonds. The van der Waals surface area contributed by atoms with E-state index in [4.69, 9.17) is 0 Å². The highest BCUT2D eigenvalue weighted by Crippen LogP contribution is 2.01. The minimum atomic E-state index is -0.325. The monoisotopic (exact) mass is 272 g/mol. The second kappa shape index (κ2) is 6.01. The number of amides is 1. The zero-order chi connectivity index (χ0) is 14.5. The Morgan fingerprint density at radius 3 is 2.55 bits per heavy atom. The molecule has 20 heavy (non-hydrogen) atoms. The summed E-state index contributed by atoms with van der Waals surface area (Å²) in [6.07, 6.45) is -0.00373. The summed E-state index contributed by atoms with van der Waals surface area (Å²) in [5, 5.41) is 9.15. The van der Waals surface area contributed by atoms with Crippen molar-refractivity contribution in [1.29, 1.82) is 0 Å². The molecule has 0 saturated carbocycles. The lowest BCUT2D eigenvalue weighted by molar-refractivity contribution is -0.120. The Balaban J connectivity index is 2.01. The van der Waals surface area contributed by atoms with Crippen molar-refractivity contribution in [3.63, 3.8) is 0 Å². The van der Waals surface area contributed by atoms with Crippen LogP contribution in [0, 0.1) is 6.92 Å². The highest BCUT2D eigenvalue weighted by molar-refractivity contribution is 5.99. The standard InChI is InChI=1S/C14H16N4O2/c1-9(11-6-4-3-5-7-11)15-17-13(19)8-12-10(2)16-18-14(12)20/h3-7H,8H2,1-2H3,(H,17,19)(H2,16,18,20). The van der Waals surface area contributed by atoms with Gasteiger partial charge >= 0.3 is 0 Å². The number of carbonyl (C=O) groups is 1. The number of hydrogen-bond donors (Lipinski definition) is 3. The Kier molecular flexibility index (Phi) is 4.14. The van der Waals surface area contributed by atoms with Gasteiger partial charge in [-0.15, -0.1) is 0 Å². The smallest absolute Gasteiger partial charge is 0.267 e. The third kappa shape index (κ3) is 3.23. The predicted molar refractivity (Wildman–Crippen MR) is 76.7 cm³/mol. The van der Waals surface area contributed by atoms with Crippen LogP contribution in [0.25, 0.3) is 0 Å². The second-order valence-corrected chi connectivity index (χ2v) is 4.46. The number of benzene rings is 1. The Morgan fingerprint density at radius 2 is 1.95 bits per heavy atom. The fourth-order valence-electron chi connectivity index (χ4n) is 1.77. The summed E-state index contributed by atoms with van der Waals surface area (Å²) in [6, 6.07) is 9.53.